The van der Waals surface area contributed by atoms with Crippen LogP contribution in [0, 0.1) is 0 Å². The Morgan fingerprint density at radius 3 is 2.56 bits per heavy atom. The molecule has 3 heterocycles. The van der Waals surface area contributed by atoms with Gasteiger partial charge in [0.05, 0.1) is 18.6 Å². The van der Waals surface area contributed by atoms with Gasteiger partial charge >= 0.3 is 0 Å². The summed E-state index contributed by atoms with van der Waals surface area (Å²) in [6.45, 7) is 0.503. The van der Waals surface area contributed by atoms with Crippen molar-refractivity contribution in [3.63, 3.8) is 0 Å². The standard InChI is InChI=1S/C23H18ClN5O2S/c24-18-10-8-17(9-11-18)22-26-27-23(29(22)14-19-7-4-12-30-19)32-15-21-25-20(28-31-21)13-16-5-2-1-3-6-16/h1-12H,13-15H2. The van der Waals surface area contributed by atoms with E-state index in [2.05, 4.69) is 20.3 Å². The number of nitrogens with zero attached hydrogens (tertiary/aromatic N) is 5. The number of halogens is 1. The highest BCUT2D eigenvalue weighted by Gasteiger charge is 2.17. The lowest BCUT2D eigenvalue weighted by molar-refractivity contribution is 0.385. The monoisotopic (exact) mass is 463 g/mol. The molecule has 5 aromatic rings. The Morgan fingerprint density at radius 2 is 1.78 bits per heavy atom. The number of benzene rings is 2. The first-order chi connectivity index (χ1) is 15.7. The van der Waals surface area contributed by atoms with E-state index in [0.29, 0.717) is 35.5 Å². The van der Waals surface area contributed by atoms with E-state index in [1.54, 1.807) is 6.26 Å². The van der Waals surface area contributed by atoms with Crippen LogP contribution in [0.15, 0.2) is 87.1 Å². The summed E-state index contributed by atoms with van der Waals surface area (Å²) in [4.78, 5) is 4.51. The van der Waals surface area contributed by atoms with E-state index < -0.39 is 0 Å². The molecule has 3 aromatic heterocycles. The molecular weight excluding hydrogens is 446 g/mol. The third kappa shape index (κ3) is 4.76. The van der Waals surface area contributed by atoms with Crippen molar-refractivity contribution in [2.45, 2.75) is 23.9 Å². The van der Waals surface area contributed by atoms with Crippen LogP contribution in [0.5, 0.6) is 0 Å². The lowest BCUT2D eigenvalue weighted by Crippen LogP contribution is -2.03. The normalized spacial score (nSPS) is 11.2. The van der Waals surface area contributed by atoms with Crippen LogP contribution < -0.4 is 0 Å². The molecule has 0 aliphatic heterocycles. The summed E-state index contributed by atoms with van der Waals surface area (Å²) >= 11 is 7.53. The fraction of sp³-hybridized carbons (Fsp3) is 0.130. The van der Waals surface area contributed by atoms with Gasteiger partial charge in [0.1, 0.15) is 5.76 Å². The zero-order valence-corrected chi connectivity index (χ0v) is 18.5. The van der Waals surface area contributed by atoms with Gasteiger partial charge in [0.15, 0.2) is 16.8 Å². The molecule has 0 aliphatic carbocycles. The van der Waals surface area contributed by atoms with Crippen LogP contribution in [-0.2, 0) is 18.7 Å². The van der Waals surface area contributed by atoms with Crippen LogP contribution in [0.1, 0.15) is 23.0 Å². The molecule has 0 spiro atoms. The molecule has 0 aliphatic rings. The fourth-order valence-electron chi connectivity index (χ4n) is 3.23. The van der Waals surface area contributed by atoms with Crippen LogP contribution in [0.2, 0.25) is 5.02 Å². The number of rotatable bonds is 8. The summed E-state index contributed by atoms with van der Waals surface area (Å²) in [5.74, 6) is 3.23. The molecule has 160 valence electrons. The van der Waals surface area contributed by atoms with E-state index in [4.69, 9.17) is 20.5 Å². The summed E-state index contributed by atoms with van der Waals surface area (Å²) in [6.07, 6.45) is 2.28. The minimum atomic E-state index is 0.485. The summed E-state index contributed by atoms with van der Waals surface area (Å²) in [5.41, 5.74) is 2.06. The van der Waals surface area contributed by atoms with Crippen molar-refractivity contribution in [1.29, 1.82) is 0 Å². The van der Waals surface area contributed by atoms with Crippen molar-refractivity contribution < 1.29 is 8.94 Å². The first kappa shape index (κ1) is 20.5. The lowest BCUT2D eigenvalue weighted by atomic mass is 10.1. The third-order valence-corrected chi connectivity index (χ3v) is 5.96. The highest BCUT2D eigenvalue weighted by molar-refractivity contribution is 7.98. The van der Waals surface area contributed by atoms with Gasteiger partial charge in [-0.05, 0) is 42.0 Å². The van der Waals surface area contributed by atoms with Crippen molar-refractivity contribution in [1.82, 2.24) is 24.9 Å². The van der Waals surface area contributed by atoms with E-state index in [0.717, 1.165) is 27.9 Å². The topological polar surface area (TPSA) is 82.8 Å². The van der Waals surface area contributed by atoms with Crippen molar-refractivity contribution in [2.75, 3.05) is 0 Å². The van der Waals surface area contributed by atoms with Gasteiger partial charge in [-0.25, -0.2) is 0 Å². The first-order valence-electron chi connectivity index (χ1n) is 9.94. The fourth-order valence-corrected chi connectivity index (χ4v) is 4.14. The average Bonchev–Trinajstić information content (AvgIpc) is 3.56. The number of hydrogen-bond acceptors (Lipinski definition) is 7. The average molecular weight is 464 g/mol. The van der Waals surface area contributed by atoms with Crippen LogP contribution in [-0.4, -0.2) is 24.9 Å². The SMILES string of the molecule is Clc1ccc(-c2nnc(SCc3nc(Cc4ccccc4)no3)n2Cc2ccco2)cc1. The molecule has 2 aromatic carbocycles. The van der Waals surface area contributed by atoms with Gasteiger partial charge < -0.3 is 8.94 Å². The molecule has 0 fully saturated rings. The Bertz CT molecular complexity index is 1280. The predicted octanol–water partition coefficient (Wildman–Crippen LogP) is 5.51. The largest absolute Gasteiger partial charge is 0.467 e. The number of furan rings is 1. The van der Waals surface area contributed by atoms with Gasteiger partial charge in [0, 0.05) is 17.0 Å². The quantitative estimate of drug-likeness (QED) is 0.281. The second-order valence-corrected chi connectivity index (χ2v) is 8.41. The Kier molecular flexibility index (Phi) is 6.04. The van der Waals surface area contributed by atoms with E-state index in [9.17, 15) is 0 Å². The van der Waals surface area contributed by atoms with Gasteiger partial charge in [0.25, 0.3) is 0 Å². The smallest absolute Gasteiger partial charge is 0.237 e. The number of hydrogen-bond donors (Lipinski definition) is 0. The second kappa shape index (κ2) is 9.42. The molecule has 5 rings (SSSR count). The third-order valence-electron chi connectivity index (χ3n) is 4.75. The van der Waals surface area contributed by atoms with Crippen molar-refractivity contribution in [3.05, 3.63) is 101 Å². The molecule has 32 heavy (non-hydrogen) atoms. The van der Waals surface area contributed by atoms with Crippen molar-refractivity contribution in [3.8, 4) is 11.4 Å². The van der Waals surface area contributed by atoms with Crippen molar-refractivity contribution >= 4 is 23.4 Å². The molecule has 0 amide bonds. The van der Waals surface area contributed by atoms with Gasteiger partial charge in [-0.3, -0.25) is 4.57 Å². The van der Waals surface area contributed by atoms with Gasteiger partial charge in [-0.15, -0.1) is 10.2 Å². The highest BCUT2D eigenvalue weighted by Crippen LogP contribution is 2.28. The maximum Gasteiger partial charge on any atom is 0.237 e. The first-order valence-corrected chi connectivity index (χ1v) is 11.3. The Morgan fingerprint density at radius 1 is 0.938 bits per heavy atom. The molecule has 9 heteroatoms. The molecular formula is C23H18ClN5O2S. The highest BCUT2D eigenvalue weighted by atomic mass is 35.5. The van der Waals surface area contributed by atoms with E-state index in [-0.39, 0.29) is 0 Å². The molecule has 0 saturated carbocycles. The molecule has 0 unspecified atom stereocenters. The molecule has 0 atom stereocenters. The van der Waals surface area contributed by atoms with Gasteiger partial charge in [0.2, 0.25) is 5.89 Å². The van der Waals surface area contributed by atoms with Gasteiger partial charge in [-0.1, -0.05) is 58.9 Å². The summed E-state index contributed by atoms with van der Waals surface area (Å²) in [7, 11) is 0. The van der Waals surface area contributed by atoms with Crippen LogP contribution >= 0.6 is 23.4 Å². The molecule has 7 nitrogen and oxygen atoms in total. The maximum absolute atomic E-state index is 6.04. The second-order valence-electron chi connectivity index (χ2n) is 7.03. The van der Waals surface area contributed by atoms with Crippen LogP contribution in [0.25, 0.3) is 11.4 Å². The summed E-state index contributed by atoms with van der Waals surface area (Å²) < 4.78 is 13.0. The lowest BCUT2D eigenvalue weighted by Gasteiger charge is -2.08. The van der Waals surface area contributed by atoms with Gasteiger partial charge in [-0.2, -0.15) is 4.98 Å². The predicted molar refractivity (Wildman–Crippen MR) is 121 cm³/mol. The molecule has 0 saturated heterocycles. The van der Waals surface area contributed by atoms with E-state index in [1.165, 1.54) is 11.8 Å². The molecule has 0 radical (unpaired) electrons. The summed E-state index contributed by atoms with van der Waals surface area (Å²) in [5, 5.41) is 14.3. The summed E-state index contributed by atoms with van der Waals surface area (Å²) in [6, 6.07) is 21.4. The minimum absolute atomic E-state index is 0.485. The van der Waals surface area contributed by atoms with E-state index in [1.807, 2.05) is 71.3 Å². The maximum atomic E-state index is 6.04. The zero-order chi connectivity index (χ0) is 21.8. The Labute approximate surface area is 193 Å². The van der Waals surface area contributed by atoms with Crippen LogP contribution in [0.3, 0.4) is 0 Å². The minimum Gasteiger partial charge on any atom is -0.467 e. The van der Waals surface area contributed by atoms with Crippen LogP contribution in [0.4, 0.5) is 0 Å². The number of thioether (sulfide) groups is 1. The Balaban J connectivity index is 1.35. The Hall–Kier alpha value is -3.36. The van der Waals surface area contributed by atoms with E-state index >= 15 is 0 Å². The number of aromatic nitrogens is 5. The molecule has 0 bridgehead atoms. The van der Waals surface area contributed by atoms with Crippen molar-refractivity contribution in [2.24, 2.45) is 0 Å². The molecule has 0 N–H and O–H groups in total. The zero-order valence-electron chi connectivity index (χ0n) is 16.9.